The average Bonchev–Trinajstić information content (AvgIpc) is 2.55. The van der Waals surface area contributed by atoms with Crippen molar-refractivity contribution < 1.29 is 14.5 Å². The minimum Gasteiger partial charge on any atom is -0.464 e. The number of carbonyl (C=O) groups is 1. The van der Waals surface area contributed by atoms with Crippen LogP contribution in [0.25, 0.3) is 0 Å². The summed E-state index contributed by atoms with van der Waals surface area (Å²) in [4.78, 5) is 22.5. The van der Waals surface area contributed by atoms with Gasteiger partial charge in [-0.2, -0.15) is 0 Å². The quantitative estimate of drug-likeness (QED) is 0.325. The van der Waals surface area contributed by atoms with Gasteiger partial charge in [-0.15, -0.1) is 0 Å². The molecule has 1 amide bonds. The molecule has 25 heavy (non-hydrogen) atoms. The second kappa shape index (κ2) is 8.10. The molecule has 0 bridgehead atoms. The molecule has 0 saturated carbocycles. The number of amides is 1. The van der Waals surface area contributed by atoms with Crippen LogP contribution in [0.5, 0.6) is 5.75 Å². The number of nitrogens with one attached hydrogen (secondary N) is 1. The number of nitro groups is 1. The van der Waals surface area contributed by atoms with Crippen molar-refractivity contribution in [2.45, 2.75) is 10.0 Å². The second-order valence-electron chi connectivity index (χ2n) is 4.75. The lowest BCUT2D eigenvalue weighted by molar-refractivity contribution is -0.384. The Bertz CT molecular complexity index is 795. The van der Waals surface area contributed by atoms with Gasteiger partial charge in [0.15, 0.2) is 0 Å². The van der Waals surface area contributed by atoms with Gasteiger partial charge in [0, 0.05) is 17.7 Å². The molecule has 2 aromatic carbocycles. The summed E-state index contributed by atoms with van der Waals surface area (Å²) in [7, 11) is 0. The zero-order valence-corrected chi connectivity index (χ0v) is 15.3. The minimum absolute atomic E-state index is 0.0104. The zero-order valence-electron chi connectivity index (χ0n) is 12.3. The number of non-ortho nitro benzene ring substituents is 1. The Morgan fingerprint density at radius 1 is 1.16 bits per heavy atom. The standard InChI is InChI=1S/C15H10Cl4N2O4/c16-11-6-1-2-7-12(11)25-14(15(17,18)19)20-13(22)9-4-3-5-10(8-9)21(23)24/h1-8,14H,(H,20,22). The Balaban J connectivity index is 2.23. The van der Waals surface area contributed by atoms with Crippen LogP contribution in [0.2, 0.25) is 5.02 Å². The zero-order chi connectivity index (χ0) is 18.6. The molecule has 0 radical (unpaired) electrons. The summed E-state index contributed by atoms with van der Waals surface area (Å²) in [5, 5.41) is 13.4. The first-order valence-electron chi connectivity index (χ1n) is 6.71. The Kier molecular flexibility index (Phi) is 6.35. The summed E-state index contributed by atoms with van der Waals surface area (Å²) in [6.07, 6.45) is -1.39. The van der Waals surface area contributed by atoms with Gasteiger partial charge < -0.3 is 10.1 Å². The molecule has 0 spiro atoms. The maximum Gasteiger partial charge on any atom is 0.270 e. The number of alkyl halides is 3. The average molecular weight is 424 g/mol. The van der Waals surface area contributed by atoms with E-state index in [1.165, 1.54) is 24.3 Å². The highest BCUT2D eigenvalue weighted by Crippen LogP contribution is 2.34. The maximum absolute atomic E-state index is 12.3. The fraction of sp³-hybridized carbons (Fsp3) is 0.133. The van der Waals surface area contributed by atoms with E-state index < -0.39 is 20.9 Å². The van der Waals surface area contributed by atoms with E-state index in [0.717, 1.165) is 6.07 Å². The van der Waals surface area contributed by atoms with E-state index >= 15 is 0 Å². The fourth-order valence-electron chi connectivity index (χ4n) is 1.81. The van der Waals surface area contributed by atoms with Crippen molar-refractivity contribution in [2.24, 2.45) is 0 Å². The largest absolute Gasteiger partial charge is 0.464 e. The van der Waals surface area contributed by atoms with E-state index in [4.69, 9.17) is 51.1 Å². The summed E-state index contributed by atoms with van der Waals surface area (Å²) in [5.41, 5.74) is -0.235. The Morgan fingerprint density at radius 2 is 1.84 bits per heavy atom. The number of carbonyl (C=O) groups excluding carboxylic acids is 1. The van der Waals surface area contributed by atoms with Crippen LogP contribution in [0.1, 0.15) is 10.4 Å². The van der Waals surface area contributed by atoms with Crippen LogP contribution in [-0.2, 0) is 0 Å². The molecule has 1 N–H and O–H groups in total. The van der Waals surface area contributed by atoms with Crippen molar-refractivity contribution in [2.75, 3.05) is 0 Å². The first-order valence-corrected chi connectivity index (χ1v) is 8.23. The van der Waals surface area contributed by atoms with Crippen LogP contribution in [0.3, 0.4) is 0 Å². The van der Waals surface area contributed by atoms with Gasteiger partial charge in [0.1, 0.15) is 5.75 Å². The van der Waals surface area contributed by atoms with Crippen LogP contribution in [0, 0.1) is 10.1 Å². The first-order chi connectivity index (χ1) is 11.7. The number of hydrogen-bond acceptors (Lipinski definition) is 4. The lowest BCUT2D eigenvalue weighted by Crippen LogP contribution is -2.47. The van der Waals surface area contributed by atoms with Crippen LogP contribution >= 0.6 is 46.4 Å². The van der Waals surface area contributed by atoms with Crippen molar-refractivity contribution >= 4 is 58.0 Å². The van der Waals surface area contributed by atoms with Gasteiger partial charge in [-0.3, -0.25) is 14.9 Å². The number of ether oxygens (including phenoxy) is 1. The molecular formula is C15H10Cl4N2O4. The molecule has 132 valence electrons. The first kappa shape index (κ1) is 19.6. The van der Waals surface area contributed by atoms with Crippen molar-refractivity contribution in [3.05, 3.63) is 69.2 Å². The number of rotatable bonds is 5. The summed E-state index contributed by atoms with van der Waals surface area (Å²) in [5.74, 6) is -0.521. The highest BCUT2D eigenvalue weighted by Gasteiger charge is 2.37. The fourth-order valence-corrected chi connectivity index (χ4v) is 2.29. The third-order valence-corrected chi connectivity index (χ3v) is 3.87. The monoisotopic (exact) mass is 422 g/mol. The smallest absolute Gasteiger partial charge is 0.270 e. The molecule has 0 saturated heterocycles. The summed E-state index contributed by atoms with van der Waals surface area (Å²) < 4.78 is 3.47. The number of nitro benzene ring substituents is 1. The van der Waals surface area contributed by atoms with E-state index in [-0.39, 0.29) is 22.0 Å². The van der Waals surface area contributed by atoms with Crippen molar-refractivity contribution in [1.82, 2.24) is 5.32 Å². The maximum atomic E-state index is 12.3. The predicted octanol–water partition coefficient (Wildman–Crippen LogP) is 4.75. The van der Waals surface area contributed by atoms with Crippen molar-refractivity contribution in [3.63, 3.8) is 0 Å². The van der Waals surface area contributed by atoms with E-state index in [9.17, 15) is 14.9 Å². The molecule has 1 atom stereocenters. The van der Waals surface area contributed by atoms with Crippen molar-refractivity contribution in [3.8, 4) is 5.75 Å². The lowest BCUT2D eigenvalue weighted by atomic mass is 10.2. The van der Waals surface area contributed by atoms with Gasteiger partial charge >= 0.3 is 0 Å². The number of hydrogen-bond donors (Lipinski definition) is 1. The van der Waals surface area contributed by atoms with Crippen molar-refractivity contribution in [1.29, 1.82) is 0 Å². The lowest BCUT2D eigenvalue weighted by Gasteiger charge is -2.26. The molecule has 0 aromatic heterocycles. The summed E-state index contributed by atoms with van der Waals surface area (Å²) in [6, 6.07) is 11.5. The molecule has 0 heterocycles. The van der Waals surface area contributed by atoms with Gasteiger partial charge in [0.05, 0.1) is 9.95 Å². The molecule has 0 aliphatic carbocycles. The van der Waals surface area contributed by atoms with Gasteiger partial charge in [0.25, 0.3) is 11.6 Å². The Hall–Kier alpha value is -1.73. The van der Waals surface area contributed by atoms with E-state index in [0.29, 0.717) is 0 Å². The Morgan fingerprint density at radius 3 is 2.44 bits per heavy atom. The summed E-state index contributed by atoms with van der Waals surface area (Å²) >= 11 is 23.5. The number of benzene rings is 2. The van der Waals surface area contributed by atoms with Gasteiger partial charge in [0.2, 0.25) is 10.0 Å². The van der Waals surface area contributed by atoms with E-state index in [1.807, 2.05) is 0 Å². The normalized spacial score (nSPS) is 12.3. The van der Waals surface area contributed by atoms with Gasteiger partial charge in [-0.1, -0.05) is 64.6 Å². The molecule has 6 nitrogen and oxygen atoms in total. The van der Waals surface area contributed by atoms with E-state index in [1.54, 1.807) is 18.2 Å². The number of nitrogens with zero attached hydrogens (tertiary/aromatic N) is 1. The summed E-state index contributed by atoms with van der Waals surface area (Å²) in [6.45, 7) is 0. The highest BCUT2D eigenvalue weighted by molar-refractivity contribution is 6.68. The molecule has 0 aliphatic heterocycles. The van der Waals surface area contributed by atoms with E-state index in [2.05, 4.69) is 5.32 Å². The van der Waals surface area contributed by atoms with Gasteiger partial charge in [-0.05, 0) is 18.2 Å². The minimum atomic E-state index is -2.02. The molecule has 0 fully saturated rings. The van der Waals surface area contributed by atoms with Crippen LogP contribution in [0.4, 0.5) is 5.69 Å². The molecule has 10 heteroatoms. The third kappa shape index (κ3) is 5.37. The SMILES string of the molecule is O=C(NC(Oc1ccccc1Cl)C(Cl)(Cl)Cl)c1cccc([N+](=O)[O-])c1. The molecule has 1 unspecified atom stereocenters. The predicted molar refractivity (Wildman–Crippen MR) is 96.7 cm³/mol. The highest BCUT2D eigenvalue weighted by atomic mass is 35.6. The van der Waals surface area contributed by atoms with Crippen LogP contribution in [0.15, 0.2) is 48.5 Å². The number of halogens is 4. The third-order valence-electron chi connectivity index (χ3n) is 2.96. The molecular weight excluding hydrogens is 414 g/mol. The molecule has 0 aliphatic rings. The topological polar surface area (TPSA) is 81.5 Å². The molecule has 2 rings (SSSR count). The van der Waals surface area contributed by atoms with Crippen LogP contribution in [-0.4, -0.2) is 20.9 Å². The van der Waals surface area contributed by atoms with Crippen LogP contribution < -0.4 is 10.1 Å². The Labute approximate surface area is 162 Å². The number of para-hydroxylation sites is 1. The van der Waals surface area contributed by atoms with Gasteiger partial charge in [-0.25, -0.2) is 0 Å². The second-order valence-corrected chi connectivity index (χ2v) is 7.53. The molecule has 2 aromatic rings.